The Morgan fingerprint density at radius 2 is 2.13 bits per heavy atom. The van der Waals surface area contributed by atoms with Crippen LogP contribution in [0.15, 0.2) is 18.2 Å². The van der Waals surface area contributed by atoms with Gasteiger partial charge in [-0.3, -0.25) is 4.79 Å². The van der Waals surface area contributed by atoms with Gasteiger partial charge in [-0.2, -0.15) is 0 Å². The standard InChI is InChI=1S/C20H30N2O/c1-4-15-8-9-16(19(21)23)13-18(15)20-10-6-5-7-17(20)14(2)22(3)12-11-20/h8-9,13-14,17H,4-7,10-12H2,1-3H3,(H2,21,23). The Kier molecular flexibility index (Phi) is 4.50. The molecule has 2 aliphatic rings. The molecule has 1 heterocycles. The maximum Gasteiger partial charge on any atom is 0.248 e. The van der Waals surface area contributed by atoms with Crippen molar-refractivity contribution in [3.8, 4) is 0 Å². The minimum Gasteiger partial charge on any atom is -0.366 e. The molecule has 0 radical (unpaired) electrons. The molecule has 1 amide bonds. The third-order valence-electron chi connectivity index (χ3n) is 6.60. The number of nitrogens with two attached hydrogens (primary N) is 1. The van der Waals surface area contributed by atoms with E-state index in [1.165, 1.54) is 43.2 Å². The molecule has 3 heteroatoms. The maximum atomic E-state index is 11.7. The highest BCUT2D eigenvalue weighted by molar-refractivity contribution is 5.93. The van der Waals surface area contributed by atoms with Gasteiger partial charge in [-0.25, -0.2) is 0 Å². The van der Waals surface area contributed by atoms with Crippen molar-refractivity contribution in [1.29, 1.82) is 0 Å². The van der Waals surface area contributed by atoms with Gasteiger partial charge in [0, 0.05) is 17.0 Å². The fraction of sp³-hybridized carbons (Fsp3) is 0.650. The molecule has 2 fully saturated rings. The molecule has 1 saturated heterocycles. The molecule has 3 nitrogen and oxygen atoms in total. The number of hydrogen-bond acceptors (Lipinski definition) is 2. The second kappa shape index (κ2) is 6.27. The van der Waals surface area contributed by atoms with Gasteiger partial charge in [0.05, 0.1) is 0 Å². The molecule has 1 aliphatic carbocycles. The summed E-state index contributed by atoms with van der Waals surface area (Å²) in [6.45, 7) is 5.74. The van der Waals surface area contributed by atoms with Gasteiger partial charge in [-0.1, -0.05) is 25.8 Å². The lowest BCUT2D eigenvalue weighted by molar-refractivity contribution is 0.0224. The summed E-state index contributed by atoms with van der Waals surface area (Å²) in [4.78, 5) is 14.2. The number of piperidine rings is 1. The van der Waals surface area contributed by atoms with Crippen molar-refractivity contribution in [3.05, 3.63) is 34.9 Å². The summed E-state index contributed by atoms with van der Waals surface area (Å²) in [6, 6.07) is 6.76. The van der Waals surface area contributed by atoms with E-state index in [1.54, 1.807) is 0 Å². The molecule has 3 rings (SSSR count). The summed E-state index contributed by atoms with van der Waals surface area (Å²) in [5.41, 5.74) is 9.30. The number of nitrogens with zero attached hydrogens (tertiary/aromatic N) is 1. The summed E-state index contributed by atoms with van der Waals surface area (Å²) in [5, 5.41) is 0. The van der Waals surface area contributed by atoms with Crippen LogP contribution in [-0.4, -0.2) is 30.4 Å². The third-order valence-corrected chi connectivity index (χ3v) is 6.60. The highest BCUT2D eigenvalue weighted by atomic mass is 16.1. The van der Waals surface area contributed by atoms with Gasteiger partial charge in [-0.15, -0.1) is 0 Å². The Morgan fingerprint density at radius 3 is 2.83 bits per heavy atom. The second-order valence-corrected chi connectivity index (χ2v) is 7.57. The van der Waals surface area contributed by atoms with E-state index in [4.69, 9.17) is 5.73 Å². The van der Waals surface area contributed by atoms with E-state index in [1.807, 2.05) is 6.07 Å². The van der Waals surface area contributed by atoms with Crippen molar-refractivity contribution in [2.45, 2.75) is 63.8 Å². The van der Waals surface area contributed by atoms with Gasteiger partial charge in [0.25, 0.3) is 0 Å². The molecular weight excluding hydrogens is 284 g/mol. The second-order valence-electron chi connectivity index (χ2n) is 7.57. The van der Waals surface area contributed by atoms with Crippen molar-refractivity contribution in [3.63, 3.8) is 0 Å². The molecule has 126 valence electrons. The zero-order chi connectivity index (χ0) is 16.6. The van der Waals surface area contributed by atoms with Crippen LogP contribution in [-0.2, 0) is 11.8 Å². The molecular formula is C20H30N2O. The smallest absolute Gasteiger partial charge is 0.248 e. The van der Waals surface area contributed by atoms with Gasteiger partial charge in [0.1, 0.15) is 0 Å². The monoisotopic (exact) mass is 314 g/mol. The minimum atomic E-state index is -0.307. The van der Waals surface area contributed by atoms with Crippen molar-refractivity contribution >= 4 is 5.91 Å². The Hall–Kier alpha value is -1.35. The number of benzene rings is 1. The van der Waals surface area contributed by atoms with Crippen LogP contribution in [0.1, 0.15) is 67.4 Å². The molecule has 0 spiro atoms. The third kappa shape index (κ3) is 2.69. The predicted molar refractivity (Wildman–Crippen MR) is 94.7 cm³/mol. The first-order valence-corrected chi connectivity index (χ1v) is 9.13. The summed E-state index contributed by atoms with van der Waals surface area (Å²) in [6.07, 6.45) is 7.42. The number of amides is 1. The van der Waals surface area contributed by atoms with Crippen LogP contribution in [0, 0.1) is 5.92 Å². The first kappa shape index (κ1) is 16.5. The normalized spacial score (nSPS) is 31.6. The highest BCUT2D eigenvalue weighted by Crippen LogP contribution is 2.52. The van der Waals surface area contributed by atoms with E-state index in [0.29, 0.717) is 17.5 Å². The van der Waals surface area contributed by atoms with Crippen LogP contribution < -0.4 is 5.73 Å². The number of likely N-dealkylation sites (tertiary alicyclic amines) is 1. The number of fused-ring (bicyclic) bond motifs is 1. The summed E-state index contributed by atoms with van der Waals surface area (Å²) < 4.78 is 0. The maximum absolute atomic E-state index is 11.7. The number of carbonyl (C=O) groups is 1. The van der Waals surface area contributed by atoms with E-state index in [2.05, 4.69) is 37.9 Å². The van der Waals surface area contributed by atoms with Crippen LogP contribution >= 0.6 is 0 Å². The summed E-state index contributed by atoms with van der Waals surface area (Å²) in [5.74, 6) is 0.377. The zero-order valence-corrected chi connectivity index (χ0v) is 14.8. The Morgan fingerprint density at radius 1 is 1.35 bits per heavy atom. The molecule has 0 bridgehead atoms. The molecule has 1 aromatic carbocycles. The Labute approximate surface area is 140 Å². The first-order valence-electron chi connectivity index (χ1n) is 9.13. The van der Waals surface area contributed by atoms with E-state index >= 15 is 0 Å². The highest BCUT2D eigenvalue weighted by Gasteiger charge is 2.48. The number of rotatable bonds is 3. The van der Waals surface area contributed by atoms with Crippen LogP contribution in [0.3, 0.4) is 0 Å². The van der Waals surface area contributed by atoms with Crippen molar-refractivity contribution < 1.29 is 4.79 Å². The number of primary amides is 1. The number of carbonyl (C=O) groups excluding carboxylic acids is 1. The van der Waals surface area contributed by atoms with Gasteiger partial charge in [0.15, 0.2) is 0 Å². The largest absolute Gasteiger partial charge is 0.366 e. The van der Waals surface area contributed by atoms with Gasteiger partial charge < -0.3 is 10.6 Å². The molecule has 2 N–H and O–H groups in total. The lowest BCUT2D eigenvalue weighted by Gasteiger charge is -2.54. The average Bonchev–Trinajstić information content (AvgIpc) is 2.57. The predicted octanol–water partition coefficient (Wildman–Crippen LogP) is 3.50. The Balaban J connectivity index is 2.13. The van der Waals surface area contributed by atoms with Crippen molar-refractivity contribution in [1.82, 2.24) is 4.90 Å². The Bertz CT molecular complexity index is 597. The molecule has 3 atom stereocenters. The van der Waals surface area contributed by atoms with Gasteiger partial charge in [0.2, 0.25) is 5.91 Å². The molecule has 1 aromatic rings. The van der Waals surface area contributed by atoms with Gasteiger partial charge in [-0.05, 0) is 75.4 Å². The van der Waals surface area contributed by atoms with Crippen LogP contribution in [0.25, 0.3) is 0 Å². The van der Waals surface area contributed by atoms with Crippen molar-refractivity contribution in [2.24, 2.45) is 11.7 Å². The SMILES string of the molecule is CCc1ccc(C(N)=O)cc1C12CCCCC1C(C)N(C)CC2. The van der Waals surface area contributed by atoms with Crippen LogP contribution in [0.5, 0.6) is 0 Å². The van der Waals surface area contributed by atoms with E-state index in [9.17, 15) is 4.79 Å². The topological polar surface area (TPSA) is 46.3 Å². The fourth-order valence-corrected chi connectivity index (χ4v) is 5.14. The average molecular weight is 314 g/mol. The van der Waals surface area contributed by atoms with Gasteiger partial charge >= 0.3 is 0 Å². The number of aryl methyl sites for hydroxylation is 1. The molecule has 3 unspecified atom stereocenters. The lowest BCUT2D eigenvalue weighted by atomic mass is 9.56. The molecule has 0 aromatic heterocycles. The molecule has 1 aliphatic heterocycles. The van der Waals surface area contributed by atoms with E-state index in [-0.39, 0.29) is 11.3 Å². The summed E-state index contributed by atoms with van der Waals surface area (Å²) in [7, 11) is 2.25. The molecule has 23 heavy (non-hydrogen) atoms. The van der Waals surface area contributed by atoms with Crippen molar-refractivity contribution in [2.75, 3.05) is 13.6 Å². The van der Waals surface area contributed by atoms with E-state index < -0.39 is 0 Å². The minimum absolute atomic E-state index is 0.237. The van der Waals surface area contributed by atoms with E-state index in [0.717, 1.165) is 13.0 Å². The zero-order valence-electron chi connectivity index (χ0n) is 14.8. The van der Waals surface area contributed by atoms with Crippen LogP contribution in [0.2, 0.25) is 0 Å². The summed E-state index contributed by atoms with van der Waals surface area (Å²) >= 11 is 0. The fourth-order valence-electron chi connectivity index (χ4n) is 5.14. The first-order chi connectivity index (χ1) is 11.0. The molecule has 1 saturated carbocycles. The lowest BCUT2D eigenvalue weighted by Crippen LogP contribution is -2.55. The number of hydrogen-bond donors (Lipinski definition) is 1. The van der Waals surface area contributed by atoms with Crippen LogP contribution in [0.4, 0.5) is 0 Å². The quantitative estimate of drug-likeness (QED) is 0.928.